The maximum absolute atomic E-state index is 12.6. The van der Waals surface area contributed by atoms with Gasteiger partial charge in [0.25, 0.3) is 11.8 Å². The van der Waals surface area contributed by atoms with Crippen LogP contribution in [-0.2, 0) is 4.79 Å². The predicted octanol–water partition coefficient (Wildman–Crippen LogP) is 3.36. The summed E-state index contributed by atoms with van der Waals surface area (Å²) in [4.78, 5) is 38.5. The van der Waals surface area contributed by atoms with Crippen LogP contribution in [0.5, 0.6) is 0 Å². The molecule has 1 aliphatic heterocycles. The molecule has 31 heavy (non-hydrogen) atoms. The van der Waals surface area contributed by atoms with Crippen LogP contribution in [0.1, 0.15) is 47.4 Å². The van der Waals surface area contributed by atoms with Gasteiger partial charge in [0.05, 0.1) is 6.54 Å². The molecule has 0 saturated carbocycles. The molecule has 7 heteroatoms. The lowest BCUT2D eigenvalue weighted by Crippen LogP contribution is -2.37. The largest absolute Gasteiger partial charge is 0.376 e. The van der Waals surface area contributed by atoms with Crippen molar-refractivity contribution >= 4 is 29.1 Å². The molecule has 0 spiro atoms. The van der Waals surface area contributed by atoms with Crippen LogP contribution in [0.25, 0.3) is 0 Å². The topological polar surface area (TPSA) is 90.5 Å². The molecule has 0 radical (unpaired) electrons. The summed E-state index contributed by atoms with van der Waals surface area (Å²) in [5.41, 5.74) is 2.60. The summed E-state index contributed by atoms with van der Waals surface area (Å²) in [6.07, 6.45) is 2.09. The van der Waals surface area contributed by atoms with E-state index < -0.39 is 0 Å². The smallest absolute Gasteiger partial charge is 0.253 e. The Bertz CT molecular complexity index is 901. The van der Waals surface area contributed by atoms with E-state index in [1.165, 1.54) is 0 Å². The lowest BCUT2D eigenvalue weighted by atomic mass is 9.98. The second kappa shape index (κ2) is 10.6. The van der Waals surface area contributed by atoms with Gasteiger partial charge in [-0.05, 0) is 74.2 Å². The molecule has 2 aromatic rings. The molecule has 3 N–H and O–H groups in total. The number of nitrogens with zero attached hydrogens (tertiary/aromatic N) is 1. The quantitative estimate of drug-likeness (QED) is 0.638. The molecule has 0 atom stereocenters. The molecule has 1 saturated heterocycles. The molecule has 3 amide bonds. The van der Waals surface area contributed by atoms with Crippen molar-refractivity contribution in [2.24, 2.45) is 5.92 Å². The van der Waals surface area contributed by atoms with Crippen LogP contribution in [-0.4, -0.2) is 48.8 Å². The Balaban J connectivity index is 1.47. The molecule has 1 fully saturated rings. The number of likely N-dealkylation sites (tertiary alicyclic amines) is 1. The number of benzene rings is 2. The molecular weight excluding hydrogens is 392 g/mol. The fraction of sp³-hybridized carbons (Fsp3) is 0.375. The zero-order valence-corrected chi connectivity index (χ0v) is 18.1. The fourth-order valence-corrected chi connectivity index (χ4v) is 3.48. The first-order valence-electron chi connectivity index (χ1n) is 10.8. The number of carbonyl (C=O) groups excluding carboxylic acids is 3. The van der Waals surface area contributed by atoms with Gasteiger partial charge in [-0.15, -0.1) is 0 Å². The van der Waals surface area contributed by atoms with Gasteiger partial charge >= 0.3 is 0 Å². The number of hydrogen-bond donors (Lipinski definition) is 3. The molecule has 0 aromatic heterocycles. The standard InChI is InChI=1S/C24H30N4O3/c1-3-25-23(30)18-4-8-20(9-5-18)26-16-22(29)27-21-10-6-19(7-11-21)24(31)28-14-12-17(2)13-15-28/h4-11,17,26H,3,12-16H2,1-2H3,(H,25,30)(H,27,29). The minimum atomic E-state index is -0.197. The highest BCUT2D eigenvalue weighted by Gasteiger charge is 2.21. The Hall–Kier alpha value is -3.35. The maximum Gasteiger partial charge on any atom is 0.253 e. The van der Waals surface area contributed by atoms with Crippen molar-refractivity contribution in [1.82, 2.24) is 10.2 Å². The SMILES string of the molecule is CCNC(=O)c1ccc(NCC(=O)Nc2ccc(C(=O)N3CCC(C)CC3)cc2)cc1. The molecule has 1 aliphatic rings. The summed E-state index contributed by atoms with van der Waals surface area (Å²) in [6, 6.07) is 14.0. The highest BCUT2D eigenvalue weighted by Crippen LogP contribution is 2.19. The number of nitrogens with one attached hydrogen (secondary N) is 3. The molecular formula is C24H30N4O3. The van der Waals surface area contributed by atoms with Gasteiger partial charge in [0.1, 0.15) is 0 Å². The van der Waals surface area contributed by atoms with Crippen LogP contribution in [0.3, 0.4) is 0 Å². The van der Waals surface area contributed by atoms with Gasteiger partial charge in [-0.2, -0.15) is 0 Å². The Kier molecular flexibility index (Phi) is 7.65. The van der Waals surface area contributed by atoms with Crippen molar-refractivity contribution in [2.45, 2.75) is 26.7 Å². The van der Waals surface area contributed by atoms with Crippen molar-refractivity contribution in [3.05, 3.63) is 59.7 Å². The van der Waals surface area contributed by atoms with E-state index in [1.807, 2.05) is 11.8 Å². The van der Waals surface area contributed by atoms with E-state index >= 15 is 0 Å². The van der Waals surface area contributed by atoms with Crippen LogP contribution in [0.4, 0.5) is 11.4 Å². The number of hydrogen-bond acceptors (Lipinski definition) is 4. The van der Waals surface area contributed by atoms with Crippen LogP contribution in [0, 0.1) is 5.92 Å². The minimum absolute atomic E-state index is 0.0440. The molecule has 3 rings (SSSR count). The lowest BCUT2D eigenvalue weighted by Gasteiger charge is -2.30. The molecule has 1 heterocycles. The van der Waals surface area contributed by atoms with Crippen LogP contribution >= 0.6 is 0 Å². The number of rotatable bonds is 7. The molecule has 164 valence electrons. The van der Waals surface area contributed by atoms with Gasteiger partial charge in [-0.1, -0.05) is 6.92 Å². The minimum Gasteiger partial charge on any atom is -0.376 e. The summed E-state index contributed by atoms with van der Waals surface area (Å²) in [7, 11) is 0. The average Bonchev–Trinajstić information content (AvgIpc) is 2.79. The molecule has 0 unspecified atom stereocenters. The first-order valence-corrected chi connectivity index (χ1v) is 10.8. The second-order valence-corrected chi connectivity index (χ2v) is 7.89. The maximum atomic E-state index is 12.6. The number of anilines is 2. The van der Waals surface area contributed by atoms with Gasteiger partial charge in [0, 0.05) is 42.1 Å². The molecule has 0 bridgehead atoms. The highest BCUT2D eigenvalue weighted by molar-refractivity contribution is 5.97. The number of carbonyl (C=O) groups is 3. The Morgan fingerprint density at radius 2 is 1.48 bits per heavy atom. The molecule has 0 aliphatic carbocycles. The van der Waals surface area contributed by atoms with E-state index in [1.54, 1.807) is 48.5 Å². The van der Waals surface area contributed by atoms with E-state index in [4.69, 9.17) is 0 Å². The number of amides is 3. The third kappa shape index (κ3) is 6.31. The predicted molar refractivity (Wildman–Crippen MR) is 122 cm³/mol. The first-order chi connectivity index (χ1) is 15.0. The van der Waals surface area contributed by atoms with Gasteiger partial charge in [-0.25, -0.2) is 0 Å². The van der Waals surface area contributed by atoms with Gasteiger partial charge in [-0.3, -0.25) is 14.4 Å². The van der Waals surface area contributed by atoms with E-state index in [9.17, 15) is 14.4 Å². The Morgan fingerprint density at radius 3 is 2.10 bits per heavy atom. The van der Waals surface area contributed by atoms with Gasteiger partial charge in [0.15, 0.2) is 0 Å². The fourth-order valence-electron chi connectivity index (χ4n) is 3.48. The Labute approximate surface area is 183 Å². The third-order valence-electron chi connectivity index (χ3n) is 5.42. The highest BCUT2D eigenvalue weighted by atomic mass is 16.2. The van der Waals surface area contributed by atoms with E-state index in [-0.39, 0.29) is 24.3 Å². The monoisotopic (exact) mass is 422 g/mol. The van der Waals surface area contributed by atoms with Gasteiger partial charge < -0.3 is 20.9 Å². The van der Waals surface area contributed by atoms with Crippen LogP contribution < -0.4 is 16.0 Å². The third-order valence-corrected chi connectivity index (χ3v) is 5.42. The van der Waals surface area contributed by atoms with Crippen molar-refractivity contribution in [2.75, 3.05) is 36.8 Å². The van der Waals surface area contributed by atoms with Crippen molar-refractivity contribution in [1.29, 1.82) is 0 Å². The van der Waals surface area contributed by atoms with E-state index in [2.05, 4.69) is 22.9 Å². The second-order valence-electron chi connectivity index (χ2n) is 7.89. The van der Waals surface area contributed by atoms with Gasteiger partial charge in [0.2, 0.25) is 5.91 Å². The number of piperidine rings is 1. The van der Waals surface area contributed by atoms with Crippen molar-refractivity contribution < 1.29 is 14.4 Å². The zero-order chi connectivity index (χ0) is 22.2. The lowest BCUT2D eigenvalue weighted by molar-refractivity contribution is -0.114. The summed E-state index contributed by atoms with van der Waals surface area (Å²) >= 11 is 0. The average molecular weight is 423 g/mol. The summed E-state index contributed by atoms with van der Waals surface area (Å²) in [6.45, 7) is 6.35. The molecule has 7 nitrogen and oxygen atoms in total. The van der Waals surface area contributed by atoms with Crippen LogP contribution in [0.2, 0.25) is 0 Å². The summed E-state index contributed by atoms with van der Waals surface area (Å²) < 4.78 is 0. The van der Waals surface area contributed by atoms with Crippen molar-refractivity contribution in [3.8, 4) is 0 Å². The zero-order valence-electron chi connectivity index (χ0n) is 18.1. The van der Waals surface area contributed by atoms with Crippen molar-refractivity contribution in [3.63, 3.8) is 0 Å². The normalized spacial score (nSPS) is 14.1. The van der Waals surface area contributed by atoms with E-state index in [0.29, 0.717) is 29.3 Å². The Morgan fingerprint density at radius 1 is 0.903 bits per heavy atom. The summed E-state index contributed by atoms with van der Waals surface area (Å²) in [5, 5.41) is 8.60. The first kappa shape index (κ1) is 22.3. The van der Waals surface area contributed by atoms with E-state index in [0.717, 1.165) is 31.6 Å². The van der Waals surface area contributed by atoms with Crippen LogP contribution in [0.15, 0.2) is 48.5 Å². The summed E-state index contributed by atoms with van der Waals surface area (Å²) in [5.74, 6) is 0.400. The molecule has 2 aromatic carbocycles.